The summed E-state index contributed by atoms with van der Waals surface area (Å²) in [5.74, 6) is 1.91. The van der Waals surface area contributed by atoms with Crippen molar-refractivity contribution in [1.82, 2.24) is 0 Å². The molecule has 4 atom stereocenters. The molecule has 0 radical (unpaired) electrons. The first kappa shape index (κ1) is 13.3. The van der Waals surface area contributed by atoms with Crippen molar-refractivity contribution < 1.29 is 0 Å². The molecule has 1 aliphatic carbocycles. The van der Waals surface area contributed by atoms with Gasteiger partial charge in [0.25, 0.3) is 0 Å². The van der Waals surface area contributed by atoms with Gasteiger partial charge in [0, 0.05) is 9.52 Å². The lowest BCUT2D eigenvalue weighted by Gasteiger charge is -2.44. The van der Waals surface area contributed by atoms with Crippen molar-refractivity contribution in [3.63, 3.8) is 0 Å². The first-order valence-corrected chi connectivity index (χ1v) is 9.23. The molecule has 90 valence electrons. The summed E-state index contributed by atoms with van der Waals surface area (Å²) in [6, 6.07) is 0. The summed E-state index contributed by atoms with van der Waals surface area (Å²) < 4.78 is 0. The van der Waals surface area contributed by atoms with Crippen LogP contribution in [-0.4, -0.2) is 9.52 Å². The van der Waals surface area contributed by atoms with Gasteiger partial charge >= 0.3 is 0 Å². The van der Waals surface area contributed by atoms with E-state index < -0.39 is 0 Å². The molecule has 0 aromatic rings. The van der Waals surface area contributed by atoms with E-state index in [2.05, 4.69) is 34.2 Å². The molecule has 1 saturated carbocycles. The second-order valence-electron chi connectivity index (χ2n) is 6.31. The minimum atomic E-state index is 0.156. The Morgan fingerprint density at radius 2 is 1.80 bits per heavy atom. The van der Waals surface area contributed by atoms with Gasteiger partial charge in [-0.15, -0.1) is 0 Å². The number of hydrogen-bond donors (Lipinski definition) is 0. The Bertz CT molecular complexity index is 190. The lowest BCUT2D eigenvalue weighted by atomic mass is 9.66. The average molecular weight is 226 g/mol. The Balaban J connectivity index is 2.77. The van der Waals surface area contributed by atoms with Crippen LogP contribution in [0, 0.1) is 17.3 Å². The van der Waals surface area contributed by atoms with Crippen molar-refractivity contribution in [3.8, 4) is 0 Å². The third kappa shape index (κ3) is 3.09. The van der Waals surface area contributed by atoms with Gasteiger partial charge in [-0.2, -0.15) is 0 Å². The zero-order valence-electron chi connectivity index (χ0n) is 11.5. The maximum atomic E-state index is 2.58. The van der Waals surface area contributed by atoms with E-state index in [0.29, 0.717) is 5.41 Å². The molecule has 0 aromatic heterocycles. The number of rotatable bonds is 2. The quantitative estimate of drug-likeness (QED) is 0.617. The fourth-order valence-corrected chi connectivity index (χ4v) is 4.98. The maximum Gasteiger partial charge on any atom is 0.0204 e. The Morgan fingerprint density at radius 3 is 2.40 bits per heavy atom. The standard InChI is InChI=1S/C14H30Si/c1-11-8-6-7-9-12(2)14(4,10-11)13(3)15-5/h11-13H,6-10,15H2,1-5H3. The van der Waals surface area contributed by atoms with Crippen LogP contribution in [0.4, 0.5) is 0 Å². The molecule has 0 heterocycles. The van der Waals surface area contributed by atoms with Crippen LogP contribution in [0.3, 0.4) is 0 Å². The minimum Gasteiger partial charge on any atom is -0.0746 e. The molecule has 0 aromatic carbocycles. The third-order valence-corrected chi connectivity index (χ3v) is 7.39. The molecule has 1 aliphatic rings. The van der Waals surface area contributed by atoms with Crippen molar-refractivity contribution in [1.29, 1.82) is 0 Å². The predicted octanol–water partition coefficient (Wildman–Crippen LogP) is 4.25. The molecule has 4 unspecified atom stereocenters. The molecule has 1 rings (SSSR count). The topological polar surface area (TPSA) is 0 Å². The van der Waals surface area contributed by atoms with Crippen LogP contribution < -0.4 is 0 Å². The summed E-state index contributed by atoms with van der Waals surface area (Å²) in [7, 11) is 0.156. The van der Waals surface area contributed by atoms with Gasteiger partial charge in [0.15, 0.2) is 0 Å². The molecule has 0 saturated heterocycles. The van der Waals surface area contributed by atoms with Crippen LogP contribution >= 0.6 is 0 Å². The van der Waals surface area contributed by atoms with Gasteiger partial charge in [-0.05, 0) is 29.2 Å². The van der Waals surface area contributed by atoms with E-state index in [1.165, 1.54) is 32.1 Å². The Hall–Kier alpha value is 0.217. The molecule has 0 amide bonds. The van der Waals surface area contributed by atoms with Gasteiger partial charge in [0.2, 0.25) is 0 Å². The van der Waals surface area contributed by atoms with E-state index in [-0.39, 0.29) is 9.52 Å². The van der Waals surface area contributed by atoms with Gasteiger partial charge in [-0.3, -0.25) is 0 Å². The summed E-state index contributed by atoms with van der Waals surface area (Å²) in [5.41, 5.74) is 1.67. The number of hydrogen-bond acceptors (Lipinski definition) is 0. The molecule has 0 N–H and O–H groups in total. The van der Waals surface area contributed by atoms with Crippen LogP contribution in [0.15, 0.2) is 0 Å². The largest absolute Gasteiger partial charge is 0.0746 e. The van der Waals surface area contributed by atoms with Crippen molar-refractivity contribution in [2.24, 2.45) is 17.3 Å². The van der Waals surface area contributed by atoms with Crippen molar-refractivity contribution in [3.05, 3.63) is 0 Å². The fraction of sp³-hybridized carbons (Fsp3) is 1.00. The van der Waals surface area contributed by atoms with E-state index in [1.54, 1.807) is 0 Å². The summed E-state index contributed by atoms with van der Waals surface area (Å²) >= 11 is 0. The van der Waals surface area contributed by atoms with E-state index in [9.17, 15) is 0 Å². The molecule has 0 spiro atoms. The van der Waals surface area contributed by atoms with Gasteiger partial charge in [-0.1, -0.05) is 59.9 Å². The summed E-state index contributed by atoms with van der Waals surface area (Å²) in [5, 5.41) is 0. The lowest BCUT2D eigenvalue weighted by Crippen LogP contribution is -2.34. The van der Waals surface area contributed by atoms with E-state index >= 15 is 0 Å². The summed E-state index contributed by atoms with van der Waals surface area (Å²) in [6.07, 6.45) is 7.37. The second-order valence-corrected chi connectivity index (χ2v) is 8.35. The minimum absolute atomic E-state index is 0.156. The highest BCUT2D eigenvalue weighted by Crippen LogP contribution is 2.48. The zero-order chi connectivity index (χ0) is 11.5. The van der Waals surface area contributed by atoms with Crippen LogP contribution in [-0.2, 0) is 0 Å². The second kappa shape index (κ2) is 5.52. The van der Waals surface area contributed by atoms with Crippen molar-refractivity contribution in [2.45, 2.75) is 71.9 Å². The monoisotopic (exact) mass is 226 g/mol. The van der Waals surface area contributed by atoms with Crippen LogP contribution in [0.1, 0.15) is 59.8 Å². The predicted molar refractivity (Wildman–Crippen MR) is 73.4 cm³/mol. The smallest absolute Gasteiger partial charge is 0.0204 e. The summed E-state index contributed by atoms with van der Waals surface area (Å²) in [6.45, 7) is 12.6. The van der Waals surface area contributed by atoms with Crippen LogP contribution in [0.25, 0.3) is 0 Å². The first-order chi connectivity index (χ1) is 7.00. The Labute approximate surface area is 99.1 Å². The average Bonchev–Trinajstić information content (AvgIpc) is 2.20. The molecule has 0 nitrogen and oxygen atoms in total. The van der Waals surface area contributed by atoms with E-state index in [4.69, 9.17) is 0 Å². The van der Waals surface area contributed by atoms with E-state index in [1.807, 2.05) is 0 Å². The van der Waals surface area contributed by atoms with E-state index in [0.717, 1.165) is 17.4 Å². The zero-order valence-corrected chi connectivity index (χ0v) is 12.9. The maximum absolute atomic E-state index is 2.58. The Kier molecular flexibility index (Phi) is 4.89. The molecular formula is C14H30Si. The van der Waals surface area contributed by atoms with Crippen LogP contribution in [0.2, 0.25) is 12.1 Å². The van der Waals surface area contributed by atoms with Gasteiger partial charge in [-0.25, -0.2) is 0 Å². The first-order valence-electron chi connectivity index (χ1n) is 7.00. The highest BCUT2D eigenvalue weighted by molar-refractivity contribution is 6.35. The molecule has 15 heavy (non-hydrogen) atoms. The summed E-state index contributed by atoms with van der Waals surface area (Å²) in [4.78, 5) is 0. The molecule has 1 fully saturated rings. The molecule has 0 bridgehead atoms. The van der Waals surface area contributed by atoms with Crippen molar-refractivity contribution >= 4 is 9.52 Å². The molecular weight excluding hydrogens is 196 g/mol. The fourth-order valence-electron chi connectivity index (χ4n) is 3.48. The normalized spacial score (nSPS) is 41.4. The molecule has 1 heteroatoms. The SMILES string of the molecule is C[SiH2]C(C)C1(C)CC(C)CCCCC1C. The van der Waals surface area contributed by atoms with Gasteiger partial charge in [0.1, 0.15) is 0 Å². The van der Waals surface area contributed by atoms with Gasteiger partial charge in [0.05, 0.1) is 0 Å². The van der Waals surface area contributed by atoms with Crippen molar-refractivity contribution in [2.75, 3.05) is 0 Å². The lowest BCUT2D eigenvalue weighted by molar-refractivity contribution is 0.119. The molecule has 0 aliphatic heterocycles. The Morgan fingerprint density at radius 1 is 1.20 bits per heavy atom. The van der Waals surface area contributed by atoms with Crippen LogP contribution in [0.5, 0.6) is 0 Å². The highest BCUT2D eigenvalue weighted by atomic mass is 28.2. The third-order valence-electron chi connectivity index (χ3n) is 5.24. The van der Waals surface area contributed by atoms with Gasteiger partial charge < -0.3 is 0 Å². The highest BCUT2D eigenvalue weighted by Gasteiger charge is 2.37.